The highest BCUT2D eigenvalue weighted by atomic mass is 32.2. The van der Waals surface area contributed by atoms with Crippen molar-refractivity contribution >= 4 is 34.4 Å². The molecule has 1 aromatic heterocycles. The number of aromatic nitrogens is 1. The quantitative estimate of drug-likeness (QED) is 0.753. The molecular formula is C14H17NS2. The molecule has 0 bridgehead atoms. The van der Waals surface area contributed by atoms with E-state index in [1.807, 2.05) is 0 Å². The van der Waals surface area contributed by atoms with E-state index in [1.165, 1.54) is 34.5 Å². The van der Waals surface area contributed by atoms with Crippen LogP contribution in [0.3, 0.4) is 0 Å². The summed E-state index contributed by atoms with van der Waals surface area (Å²) < 4.78 is 2.97. The molecular weight excluding hydrogens is 246 g/mol. The number of para-hydroxylation sites is 1. The van der Waals surface area contributed by atoms with Crippen LogP contribution in [0.1, 0.15) is 22.3 Å². The number of hydrogen-bond donors (Lipinski definition) is 0. The fourth-order valence-electron chi connectivity index (χ4n) is 2.50. The van der Waals surface area contributed by atoms with E-state index in [-0.39, 0.29) is 0 Å². The Labute approximate surface area is 111 Å². The Morgan fingerprint density at radius 2 is 1.88 bits per heavy atom. The summed E-state index contributed by atoms with van der Waals surface area (Å²) in [5.41, 5.74) is 4.35. The van der Waals surface area contributed by atoms with Crippen molar-refractivity contribution in [2.24, 2.45) is 7.05 Å². The van der Waals surface area contributed by atoms with Crippen molar-refractivity contribution in [3.8, 4) is 0 Å². The van der Waals surface area contributed by atoms with Crippen molar-refractivity contribution < 1.29 is 0 Å². The fraction of sp³-hybridized carbons (Fsp3) is 0.429. The molecule has 3 heteroatoms. The molecule has 2 aromatic rings. The first kappa shape index (κ1) is 11.5. The van der Waals surface area contributed by atoms with Crippen LogP contribution in [0.2, 0.25) is 0 Å². The van der Waals surface area contributed by atoms with E-state index in [0.717, 1.165) is 0 Å². The predicted molar refractivity (Wildman–Crippen MR) is 79.9 cm³/mol. The third-order valence-electron chi connectivity index (χ3n) is 3.51. The van der Waals surface area contributed by atoms with Gasteiger partial charge in [0.15, 0.2) is 0 Å². The second-order valence-corrected chi connectivity index (χ2v) is 7.23. The number of hydrogen-bond acceptors (Lipinski definition) is 2. The van der Waals surface area contributed by atoms with Gasteiger partial charge >= 0.3 is 0 Å². The van der Waals surface area contributed by atoms with Gasteiger partial charge in [0, 0.05) is 29.2 Å². The Morgan fingerprint density at radius 3 is 2.65 bits per heavy atom. The van der Waals surface area contributed by atoms with Crippen molar-refractivity contribution in [1.82, 2.24) is 4.57 Å². The van der Waals surface area contributed by atoms with Crippen LogP contribution in [0, 0.1) is 6.92 Å². The Morgan fingerprint density at radius 1 is 1.18 bits per heavy atom. The molecule has 0 radical (unpaired) electrons. The van der Waals surface area contributed by atoms with Crippen LogP contribution in [0.4, 0.5) is 0 Å². The zero-order valence-corrected chi connectivity index (χ0v) is 11.9. The molecule has 0 saturated carbocycles. The molecule has 0 spiro atoms. The Kier molecular flexibility index (Phi) is 3.14. The first-order valence-electron chi connectivity index (χ1n) is 6.06. The lowest BCUT2D eigenvalue weighted by Gasteiger charge is -2.21. The van der Waals surface area contributed by atoms with Crippen molar-refractivity contribution in [2.75, 3.05) is 11.5 Å². The molecule has 1 fully saturated rings. The molecule has 1 aromatic carbocycles. The predicted octanol–water partition coefficient (Wildman–Crippen LogP) is 4.36. The second-order valence-electron chi connectivity index (χ2n) is 4.50. The van der Waals surface area contributed by atoms with Crippen LogP contribution < -0.4 is 0 Å². The van der Waals surface area contributed by atoms with Crippen LogP contribution in [-0.4, -0.2) is 16.1 Å². The van der Waals surface area contributed by atoms with Crippen LogP contribution in [0.25, 0.3) is 10.9 Å². The number of aryl methyl sites for hydroxylation is 1. The van der Waals surface area contributed by atoms with Crippen molar-refractivity contribution in [1.29, 1.82) is 0 Å². The van der Waals surface area contributed by atoms with E-state index in [9.17, 15) is 0 Å². The Hall–Kier alpha value is -0.540. The van der Waals surface area contributed by atoms with Crippen molar-refractivity contribution in [3.63, 3.8) is 0 Å². The summed E-state index contributed by atoms with van der Waals surface area (Å²) in [4.78, 5) is 0. The number of nitrogens with zero attached hydrogens (tertiary/aromatic N) is 1. The molecule has 90 valence electrons. The van der Waals surface area contributed by atoms with Gasteiger partial charge in [-0.1, -0.05) is 18.2 Å². The number of benzene rings is 1. The Balaban J connectivity index is 2.17. The summed E-state index contributed by atoms with van der Waals surface area (Å²) in [6, 6.07) is 8.79. The molecule has 3 rings (SSSR count). The summed E-state index contributed by atoms with van der Waals surface area (Å²) in [5, 5.41) is 1.44. The van der Waals surface area contributed by atoms with Gasteiger partial charge in [0.25, 0.3) is 0 Å². The third-order valence-corrected chi connectivity index (χ3v) is 6.45. The van der Waals surface area contributed by atoms with Crippen molar-refractivity contribution in [2.45, 2.75) is 17.9 Å². The van der Waals surface area contributed by atoms with Gasteiger partial charge in [-0.15, -0.1) is 23.5 Å². The average molecular weight is 263 g/mol. The SMILES string of the molecule is Cc1c(C2SCCCS2)c2ccccc2n1C. The monoisotopic (exact) mass is 263 g/mol. The average Bonchev–Trinajstić information content (AvgIpc) is 2.64. The maximum Gasteiger partial charge on any atom is 0.0774 e. The largest absolute Gasteiger partial charge is 0.348 e. The standard InChI is InChI=1S/C14H17NS2/c1-10-13(14-16-8-5-9-17-14)11-6-3-4-7-12(11)15(10)2/h3-4,6-7,14H,5,8-9H2,1-2H3. The van der Waals surface area contributed by atoms with E-state index in [1.54, 1.807) is 5.56 Å². The van der Waals surface area contributed by atoms with E-state index >= 15 is 0 Å². The summed E-state index contributed by atoms with van der Waals surface area (Å²) in [6.07, 6.45) is 1.36. The minimum atomic E-state index is 0.634. The van der Waals surface area contributed by atoms with Crippen molar-refractivity contribution in [3.05, 3.63) is 35.5 Å². The van der Waals surface area contributed by atoms with Crippen LogP contribution in [0.5, 0.6) is 0 Å². The molecule has 1 saturated heterocycles. The minimum Gasteiger partial charge on any atom is -0.348 e. The lowest BCUT2D eigenvalue weighted by molar-refractivity contribution is 0.907. The molecule has 1 aliphatic rings. The van der Waals surface area contributed by atoms with E-state index in [2.05, 4.69) is 66.3 Å². The lowest BCUT2D eigenvalue weighted by atomic mass is 10.1. The maximum atomic E-state index is 2.33. The summed E-state index contributed by atoms with van der Waals surface area (Å²) in [7, 11) is 2.18. The van der Waals surface area contributed by atoms with Crippen LogP contribution in [0.15, 0.2) is 24.3 Å². The normalized spacial score (nSPS) is 17.8. The van der Waals surface area contributed by atoms with Gasteiger partial charge in [0.2, 0.25) is 0 Å². The lowest BCUT2D eigenvalue weighted by Crippen LogP contribution is -2.02. The molecule has 0 atom stereocenters. The van der Waals surface area contributed by atoms with E-state index < -0.39 is 0 Å². The second kappa shape index (κ2) is 4.62. The van der Waals surface area contributed by atoms with Gasteiger partial charge in [0.1, 0.15) is 0 Å². The van der Waals surface area contributed by atoms with Crippen LogP contribution >= 0.6 is 23.5 Å². The number of rotatable bonds is 1. The highest BCUT2D eigenvalue weighted by molar-refractivity contribution is 8.16. The third kappa shape index (κ3) is 1.89. The first-order valence-corrected chi connectivity index (χ1v) is 8.16. The topological polar surface area (TPSA) is 4.93 Å². The zero-order valence-electron chi connectivity index (χ0n) is 10.3. The van der Waals surface area contributed by atoms with E-state index in [0.29, 0.717) is 4.58 Å². The first-order chi connectivity index (χ1) is 8.29. The molecule has 0 amide bonds. The zero-order chi connectivity index (χ0) is 11.8. The maximum absolute atomic E-state index is 2.33. The smallest absolute Gasteiger partial charge is 0.0774 e. The van der Waals surface area contributed by atoms with Gasteiger partial charge < -0.3 is 4.57 Å². The van der Waals surface area contributed by atoms with Gasteiger partial charge in [0.05, 0.1) is 4.58 Å². The van der Waals surface area contributed by atoms with Crippen LogP contribution in [-0.2, 0) is 7.05 Å². The summed E-state index contributed by atoms with van der Waals surface area (Å²) in [5.74, 6) is 2.61. The molecule has 1 nitrogen and oxygen atoms in total. The molecule has 1 aliphatic heterocycles. The molecule has 0 aliphatic carbocycles. The molecule has 0 unspecified atom stereocenters. The van der Waals surface area contributed by atoms with Gasteiger partial charge in [-0.3, -0.25) is 0 Å². The van der Waals surface area contributed by atoms with Gasteiger partial charge in [-0.25, -0.2) is 0 Å². The highest BCUT2D eigenvalue weighted by Crippen LogP contribution is 2.47. The van der Waals surface area contributed by atoms with E-state index in [4.69, 9.17) is 0 Å². The number of thioether (sulfide) groups is 2. The Bertz CT molecular complexity index is 538. The van der Waals surface area contributed by atoms with Gasteiger partial charge in [-0.05, 0) is 30.9 Å². The summed E-state index contributed by atoms with van der Waals surface area (Å²) >= 11 is 4.22. The minimum absolute atomic E-state index is 0.634. The molecule has 2 heterocycles. The molecule has 17 heavy (non-hydrogen) atoms. The highest BCUT2D eigenvalue weighted by Gasteiger charge is 2.23. The molecule has 0 N–H and O–H groups in total. The summed E-state index contributed by atoms with van der Waals surface area (Å²) in [6.45, 7) is 2.26. The fourth-order valence-corrected chi connectivity index (χ4v) is 5.63. The van der Waals surface area contributed by atoms with Gasteiger partial charge in [-0.2, -0.15) is 0 Å². The number of fused-ring (bicyclic) bond motifs is 1.